The summed E-state index contributed by atoms with van der Waals surface area (Å²) in [5.74, 6) is 1.61. The van der Waals surface area contributed by atoms with Crippen LogP contribution in [0.3, 0.4) is 0 Å². The average Bonchev–Trinajstić information content (AvgIpc) is 3.33. The van der Waals surface area contributed by atoms with E-state index in [4.69, 9.17) is 9.40 Å². The fourth-order valence-electron chi connectivity index (χ4n) is 4.10. The van der Waals surface area contributed by atoms with E-state index >= 15 is 0 Å². The van der Waals surface area contributed by atoms with Crippen molar-refractivity contribution in [3.05, 3.63) is 64.9 Å². The van der Waals surface area contributed by atoms with E-state index in [1.165, 1.54) is 5.56 Å². The van der Waals surface area contributed by atoms with Crippen LogP contribution in [0.2, 0.25) is 0 Å². The van der Waals surface area contributed by atoms with Crippen LogP contribution in [0.4, 0.5) is 0 Å². The van der Waals surface area contributed by atoms with Crippen molar-refractivity contribution >= 4 is 11.3 Å². The Morgan fingerprint density at radius 3 is 2.81 bits per heavy atom. The van der Waals surface area contributed by atoms with Gasteiger partial charge in [0.15, 0.2) is 0 Å². The Balaban J connectivity index is 1.48. The van der Waals surface area contributed by atoms with Gasteiger partial charge in [-0.05, 0) is 49.7 Å². The molecule has 3 aromatic rings. The first-order valence-electron chi connectivity index (χ1n) is 9.55. The highest BCUT2D eigenvalue weighted by Crippen LogP contribution is 2.34. The normalized spacial score (nSPS) is 20.8. The number of hydrogen-bond acceptors (Lipinski definition) is 5. The minimum absolute atomic E-state index is 0.0756. The van der Waals surface area contributed by atoms with Gasteiger partial charge in [-0.15, -0.1) is 11.3 Å². The molecule has 1 aliphatic rings. The van der Waals surface area contributed by atoms with Crippen LogP contribution >= 0.6 is 11.3 Å². The molecule has 0 amide bonds. The summed E-state index contributed by atoms with van der Waals surface area (Å²) < 4.78 is 5.90. The van der Waals surface area contributed by atoms with Gasteiger partial charge >= 0.3 is 0 Å². The van der Waals surface area contributed by atoms with Crippen LogP contribution in [0.5, 0.6) is 0 Å². The predicted octanol–water partition coefficient (Wildman–Crippen LogP) is 4.53. The lowest BCUT2D eigenvalue weighted by Gasteiger charge is -2.42. The summed E-state index contributed by atoms with van der Waals surface area (Å²) in [5, 5.41) is 12.3. The zero-order valence-corrected chi connectivity index (χ0v) is 16.5. The molecule has 0 aliphatic carbocycles. The second-order valence-electron chi connectivity index (χ2n) is 7.63. The molecule has 1 N–H and O–H groups in total. The van der Waals surface area contributed by atoms with E-state index in [0.717, 1.165) is 55.2 Å². The van der Waals surface area contributed by atoms with Gasteiger partial charge in [-0.1, -0.05) is 36.4 Å². The van der Waals surface area contributed by atoms with Gasteiger partial charge in [-0.2, -0.15) is 0 Å². The maximum absolute atomic E-state index is 10.2. The molecule has 1 aromatic carbocycles. The molecule has 1 aliphatic heterocycles. The predicted molar refractivity (Wildman–Crippen MR) is 109 cm³/mol. The average molecular weight is 383 g/mol. The molecule has 27 heavy (non-hydrogen) atoms. The van der Waals surface area contributed by atoms with Gasteiger partial charge in [-0.3, -0.25) is 4.90 Å². The van der Waals surface area contributed by atoms with Crippen molar-refractivity contribution in [1.29, 1.82) is 0 Å². The highest BCUT2D eigenvalue weighted by Gasteiger charge is 2.35. The minimum Gasteiger partial charge on any atom is -0.440 e. The lowest BCUT2D eigenvalue weighted by molar-refractivity contribution is 0.0282. The van der Waals surface area contributed by atoms with Crippen LogP contribution in [0.1, 0.15) is 29.9 Å². The van der Waals surface area contributed by atoms with Crippen molar-refractivity contribution in [3.63, 3.8) is 0 Å². The highest BCUT2D eigenvalue weighted by molar-refractivity contribution is 7.13. The Morgan fingerprint density at radius 1 is 1.22 bits per heavy atom. The molecule has 0 spiro atoms. The van der Waals surface area contributed by atoms with Crippen LogP contribution in [0.15, 0.2) is 52.3 Å². The van der Waals surface area contributed by atoms with Gasteiger partial charge in [0.2, 0.25) is 5.89 Å². The number of aliphatic hydroxyl groups is 1. The van der Waals surface area contributed by atoms with Crippen molar-refractivity contribution in [2.45, 2.75) is 32.7 Å². The highest BCUT2D eigenvalue weighted by atomic mass is 32.1. The summed E-state index contributed by atoms with van der Waals surface area (Å²) in [7, 11) is 0. The SMILES string of the molecule is Cc1oc(-c2cccs2)nc1CN1CCC[C@](CO)(Cc2ccccc2)C1. The third-order valence-electron chi connectivity index (χ3n) is 5.50. The third-order valence-corrected chi connectivity index (χ3v) is 6.35. The molecule has 0 bridgehead atoms. The largest absolute Gasteiger partial charge is 0.440 e. The van der Waals surface area contributed by atoms with E-state index in [1.807, 2.05) is 30.5 Å². The van der Waals surface area contributed by atoms with Gasteiger partial charge in [0.1, 0.15) is 5.76 Å². The number of rotatable bonds is 6. The number of thiophene rings is 1. The third kappa shape index (κ3) is 4.15. The molecule has 4 rings (SSSR count). The van der Waals surface area contributed by atoms with E-state index in [9.17, 15) is 5.11 Å². The number of aliphatic hydroxyl groups excluding tert-OH is 1. The maximum atomic E-state index is 10.2. The van der Waals surface area contributed by atoms with Gasteiger partial charge in [0, 0.05) is 18.5 Å². The van der Waals surface area contributed by atoms with Crippen molar-refractivity contribution in [3.8, 4) is 10.8 Å². The minimum atomic E-state index is -0.0756. The van der Waals surface area contributed by atoms with Gasteiger partial charge in [-0.25, -0.2) is 4.98 Å². The first kappa shape index (κ1) is 18.4. The standard InChI is InChI=1S/C22H26N2O2S/c1-17-19(23-21(26-17)20-9-5-12-27-20)14-24-11-6-10-22(15-24,16-25)13-18-7-3-2-4-8-18/h2-5,7-9,12,25H,6,10-11,13-16H2,1H3/t22-/m0/s1. The topological polar surface area (TPSA) is 49.5 Å². The number of aromatic nitrogens is 1. The molecule has 0 radical (unpaired) electrons. The summed E-state index contributed by atoms with van der Waals surface area (Å²) >= 11 is 1.65. The molecule has 3 heterocycles. The molecule has 0 saturated carbocycles. The maximum Gasteiger partial charge on any atom is 0.236 e. The first-order valence-corrected chi connectivity index (χ1v) is 10.4. The lowest BCUT2D eigenvalue weighted by Crippen LogP contribution is -2.46. The molecule has 0 unspecified atom stereocenters. The molecule has 1 saturated heterocycles. The zero-order valence-electron chi connectivity index (χ0n) is 15.7. The van der Waals surface area contributed by atoms with Gasteiger partial charge in [0.25, 0.3) is 0 Å². The second-order valence-corrected chi connectivity index (χ2v) is 8.58. The quantitative estimate of drug-likeness (QED) is 0.680. The summed E-state index contributed by atoms with van der Waals surface area (Å²) in [4.78, 5) is 8.23. The van der Waals surface area contributed by atoms with Crippen LogP contribution in [-0.2, 0) is 13.0 Å². The summed E-state index contributed by atoms with van der Waals surface area (Å²) in [6.45, 7) is 4.91. The fourth-order valence-corrected chi connectivity index (χ4v) is 4.74. The second kappa shape index (κ2) is 7.97. The van der Waals surface area contributed by atoms with E-state index in [-0.39, 0.29) is 12.0 Å². The van der Waals surface area contributed by atoms with E-state index in [2.05, 4.69) is 29.2 Å². The molecular formula is C22H26N2O2S. The van der Waals surface area contributed by atoms with Crippen LogP contribution in [0.25, 0.3) is 10.8 Å². The number of oxazole rings is 1. The monoisotopic (exact) mass is 382 g/mol. The van der Waals surface area contributed by atoms with Crippen LogP contribution < -0.4 is 0 Å². The van der Waals surface area contributed by atoms with E-state index < -0.39 is 0 Å². The summed E-state index contributed by atoms with van der Waals surface area (Å²) in [5.41, 5.74) is 2.23. The molecule has 142 valence electrons. The first-order chi connectivity index (χ1) is 13.2. The Labute approximate surface area is 164 Å². The van der Waals surface area contributed by atoms with E-state index in [1.54, 1.807) is 11.3 Å². The molecular weight excluding hydrogens is 356 g/mol. The summed E-state index contributed by atoms with van der Waals surface area (Å²) in [6, 6.07) is 14.6. The number of hydrogen-bond donors (Lipinski definition) is 1. The molecule has 1 atom stereocenters. The Morgan fingerprint density at radius 2 is 2.07 bits per heavy atom. The van der Waals surface area contributed by atoms with Crippen molar-refractivity contribution in [1.82, 2.24) is 9.88 Å². The van der Waals surface area contributed by atoms with Crippen molar-refractivity contribution < 1.29 is 9.52 Å². The van der Waals surface area contributed by atoms with Crippen molar-refractivity contribution in [2.24, 2.45) is 5.41 Å². The fraction of sp³-hybridized carbons (Fsp3) is 0.409. The van der Waals surface area contributed by atoms with E-state index in [0.29, 0.717) is 5.89 Å². The van der Waals surface area contributed by atoms with Gasteiger partial charge in [0.05, 0.1) is 17.2 Å². The Hall–Kier alpha value is -1.95. The number of likely N-dealkylation sites (tertiary alicyclic amines) is 1. The summed E-state index contributed by atoms with van der Waals surface area (Å²) in [6.07, 6.45) is 3.08. The molecule has 1 fully saturated rings. The number of piperidine rings is 1. The molecule has 4 nitrogen and oxygen atoms in total. The van der Waals surface area contributed by atoms with Crippen LogP contribution in [0, 0.1) is 12.3 Å². The lowest BCUT2D eigenvalue weighted by atomic mass is 9.75. The Kier molecular flexibility index (Phi) is 5.43. The van der Waals surface area contributed by atoms with Crippen LogP contribution in [-0.4, -0.2) is 34.7 Å². The zero-order chi connectivity index (χ0) is 18.7. The molecule has 2 aromatic heterocycles. The smallest absolute Gasteiger partial charge is 0.236 e. The number of benzene rings is 1. The Bertz CT molecular complexity index is 860. The van der Waals surface area contributed by atoms with Gasteiger partial charge < -0.3 is 9.52 Å². The number of aryl methyl sites for hydroxylation is 1. The van der Waals surface area contributed by atoms with Crippen molar-refractivity contribution in [2.75, 3.05) is 19.7 Å². The number of nitrogens with zero attached hydrogens (tertiary/aromatic N) is 2. The molecule has 5 heteroatoms.